The number of benzene rings is 2. The van der Waals surface area contributed by atoms with Gasteiger partial charge in [-0.05, 0) is 55.3 Å². The minimum absolute atomic E-state index is 0.0686. The summed E-state index contributed by atoms with van der Waals surface area (Å²) in [6.07, 6.45) is 2.94. The zero-order valence-electron chi connectivity index (χ0n) is 23.0. The van der Waals surface area contributed by atoms with Gasteiger partial charge in [-0.15, -0.1) is 0 Å². The van der Waals surface area contributed by atoms with E-state index >= 15 is 0 Å². The smallest absolute Gasteiger partial charge is 0.101 e. The molecule has 8 nitrogen and oxygen atoms in total. The fourth-order valence-corrected chi connectivity index (χ4v) is 6.77. The van der Waals surface area contributed by atoms with Crippen molar-refractivity contribution < 1.29 is 4.74 Å². The largest absolute Gasteiger partial charge is 0.378 e. The molecule has 2 N–H and O–H groups in total. The molecule has 39 heavy (non-hydrogen) atoms. The molecular weight excluding hydrogens is 486 g/mol. The summed E-state index contributed by atoms with van der Waals surface area (Å²) < 4.78 is 5.52. The first kappa shape index (κ1) is 26.0. The summed E-state index contributed by atoms with van der Waals surface area (Å²) in [7, 11) is 1.74. The molecule has 3 aliphatic rings. The third kappa shape index (κ3) is 5.20. The first-order valence-electron chi connectivity index (χ1n) is 14.2. The molecule has 0 spiro atoms. The van der Waals surface area contributed by atoms with Gasteiger partial charge >= 0.3 is 0 Å². The molecule has 0 aliphatic carbocycles. The molecule has 204 valence electrons. The van der Waals surface area contributed by atoms with Crippen LogP contribution in [0, 0.1) is 11.3 Å². The molecule has 3 aromatic rings. The van der Waals surface area contributed by atoms with Crippen molar-refractivity contribution in [2.45, 2.75) is 37.6 Å². The molecule has 4 atom stereocenters. The highest BCUT2D eigenvalue weighted by molar-refractivity contribution is 5.95. The SMILES string of the molecule is CO[C@@H]1CN(c2ccc(CCN3CCN4[C@@H](C3)CN(c3ccc(C#N)c5ncccc35)C[C@H]4C)cc2)C[C@H]1N. The summed E-state index contributed by atoms with van der Waals surface area (Å²) >= 11 is 0. The minimum Gasteiger partial charge on any atom is -0.378 e. The van der Waals surface area contributed by atoms with Crippen LogP contribution >= 0.6 is 0 Å². The predicted octanol–water partition coefficient (Wildman–Crippen LogP) is 2.71. The Bertz CT molecular complexity index is 1340. The summed E-state index contributed by atoms with van der Waals surface area (Å²) in [4.78, 5) is 14.7. The fraction of sp³-hybridized carbons (Fsp3) is 0.484. The Kier molecular flexibility index (Phi) is 7.41. The number of rotatable bonds is 6. The number of fused-ring (bicyclic) bond motifs is 2. The zero-order chi connectivity index (χ0) is 26.9. The van der Waals surface area contributed by atoms with Gasteiger partial charge in [0.05, 0.1) is 23.2 Å². The molecule has 3 fully saturated rings. The van der Waals surface area contributed by atoms with Gasteiger partial charge in [-0.3, -0.25) is 9.88 Å². The number of pyridine rings is 1. The number of ether oxygens (including phenoxy) is 1. The van der Waals surface area contributed by atoms with E-state index < -0.39 is 0 Å². The summed E-state index contributed by atoms with van der Waals surface area (Å²) in [5.74, 6) is 0. The van der Waals surface area contributed by atoms with Crippen molar-refractivity contribution >= 4 is 22.3 Å². The molecule has 0 unspecified atom stereocenters. The topological polar surface area (TPSA) is 84.9 Å². The highest BCUT2D eigenvalue weighted by Crippen LogP contribution is 2.32. The summed E-state index contributed by atoms with van der Waals surface area (Å²) in [6.45, 7) is 10.4. The Hall–Kier alpha value is -3.22. The van der Waals surface area contributed by atoms with E-state index in [1.807, 2.05) is 12.1 Å². The summed E-state index contributed by atoms with van der Waals surface area (Å²) in [6, 6.07) is 20.4. The van der Waals surface area contributed by atoms with Gasteiger partial charge in [-0.1, -0.05) is 12.1 Å². The maximum Gasteiger partial charge on any atom is 0.101 e. The van der Waals surface area contributed by atoms with Crippen molar-refractivity contribution in [2.75, 3.05) is 69.3 Å². The van der Waals surface area contributed by atoms with Gasteiger partial charge in [0.1, 0.15) is 6.07 Å². The number of nitrogens with zero attached hydrogens (tertiary/aromatic N) is 6. The van der Waals surface area contributed by atoms with Gasteiger partial charge in [0.15, 0.2) is 0 Å². The van der Waals surface area contributed by atoms with Crippen molar-refractivity contribution in [1.29, 1.82) is 5.26 Å². The highest BCUT2D eigenvalue weighted by atomic mass is 16.5. The van der Waals surface area contributed by atoms with E-state index in [1.165, 1.54) is 16.9 Å². The van der Waals surface area contributed by atoms with Gasteiger partial charge < -0.3 is 25.2 Å². The van der Waals surface area contributed by atoms with Crippen LogP contribution < -0.4 is 15.5 Å². The van der Waals surface area contributed by atoms with Gasteiger partial charge in [-0.2, -0.15) is 5.26 Å². The minimum atomic E-state index is 0.0686. The van der Waals surface area contributed by atoms with Crippen LogP contribution in [-0.4, -0.2) is 98.5 Å². The van der Waals surface area contributed by atoms with Crippen molar-refractivity contribution in [1.82, 2.24) is 14.8 Å². The number of methoxy groups -OCH3 is 1. The number of hydrogen-bond donors (Lipinski definition) is 1. The first-order chi connectivity index (χ1) is 19.0. The van der Waals surface area contributed by atoms with E-state index in [0.29, 0.717) is 17.6 Å². The average Bonchev–Trinajstić information content (AvgIpc) is 3.36. The van der Waals surface area contributed by atoms with Crippen molar-refractivity contribution in [3.05, 3.63) is 65.9 Å². The van der Waals surface area contributed by atoms with Crippen LogP contribution in [0.5, 0.6) is 0 Å². The third-order valence-corrected chi connectivity index (χ3v) is 8.93. The first-order valence-corrected chi connectivity index (χ1v) is 14.2. The van der Waals surface area contributed by atoms with Gasteiger partial charge in [0.25, 0.3) is 0 Å². The lowest BCUT2D eigenvalue weighted by molar-refractivity contribution is 0.0356. The van der Waals surface area contributed by atoms with Crippen molar-refractivity contribution in [3.63, 3.8) is 0 Å². The quantitative estimate of drug-likeness (QED) is 0.526. The Morgan fingerprint density at radius 1 is 1.00 bits per heavy atom. The van der Waals surface area contributed by atoms with Crippen LogP contribution in [-0.2, 0) is 11.2 Å². The molecule has 2 aromatic carbocycles. The van der Waals surface area contributed by atoms with Gasteiger partial charge in [0.2, 0.25) is 0 Å². The zero-order valence-corrected chi connectivity index (χ0v) is 23.0. The van der Waals surface area contributed by atoms with E-state index in [2.05, 4.69) is 74.0 Å². The Balaban J connectivity index is 1.09. The Morgan fingerprint density at radius 3 is 2.62 bits per heavy atom. The van der Waals surface area contributed by atoms with Crippen molar-refractivity contribution in [2.24, 2.45) is 5.73 Å². The molecule has 0 radical (unpaired) electrons. The maximum atomic E-state index is 9.56. The molecule has 6 rings (SSSR count). The highest BCUT2D eigenvalue weighted by Gasteiger charge is 2.36. The molecule has 0 bridgehead atoms. The van der Waals surface area contributed by atoms with Crippen LogP contribution in [0.2, 0.25) is 0 Å². The normalized spacial score (nSPS) is 26.1. The number of piperazine rings is 2. The maximum absolute atomic E-state index is 9.56. The molecule has 3 saturated heterocycles. The van der Waals surface area contributed by atoms with E-state index in [1.54, 1.807) is 13.3 Å². The number of nitriles is 1. The third-order valence-electron chi connectivity index (χ3n) is 8.93. The molecule has 4 heterocycles. The second-order valence-corrected chi connectivity index (χ2v) is 11.3. The number of hydrogen-bond acceptors (Lipinski definition) is 8. The van der Waals surface area contributed by atoms with Crippen molar-refractivity contribution in [3.8, 4) is 6.07 Å². The van der Waals surface area contributed by atoms with E-state index in [9.17, 15) is 5.26 Å². The lowest BCUT2D eigenvalue weighted by Crippen LogP contribution is -2.65. The van der Waals surface area contributed by atoms with Gasteiger partial charge in [-0.25, -0.2) is 0 Å². The lowest BCUT2D eigenvalue weighted by Gasteiger charge is -2.51. The van der Waals surface area contributed by atoms with Crippen LogP contribution in [0.4, 0.5) is 11.4 Å². The monoisotopic (exact) mass is 525 g/mol. The summed E-state index contributed by atoms with van der Waals surface area (Å²) in [5.41, 5.74) is 11.5. The average molecular weight is 526 g/mol. The Morgan fingerprint density at radius 2 is 1.85 bits per heavy atom. The van der Waals surface area contributed by atoms with E-state index in [0.717, 1.165) is 69.7 Å². The standard InChI is InChI=1S/C31H39N7O/c1-22-17-37(29-10-7-24(16-32)31-27(29)4-3-12-34-31)19-26-18-35(14-15-38(22)26)13-11-23-5-8-25(9-6-23)36-20-28(33)30(21-36)39-2/h3-10,12,22,26,28,30H,11,13-15,17-21,33H2,1-2H3/t22-,26+,28-,30-/m1/s1. The van der Waals surface area contributed by atoms with Crippen LogP contribution in [0.3, 0.4) is 0 Å². The second kappa shape index (κ2) is 11.1. The van der Waals surface area contributed by atoms with E-state index in [4.69, 9.17) is 10.5 Å². The predicted molar refractivity (Wildman–Crippen MR) is 156 cm³/mol. The van der Waals surface area contributed by atoms with Crippen LogP contribution in [0.1, 0.15) is 18.1 Å². The van der Waals surface area contributed by atoms with E-state index in [-0.39, 0.29) is 12.1 Å². The van der Waals surface area contributed by atoms with Crippen LogP contribution in [0.25, 0.3) is 10.9 Å². The molecule has 8 heteroatoms. The Labute approximate surface area is 231 Å². The van der Waals surface area contributed by atoms with Crippen LogP contribution in [0.15, 0.2) is 54.7 Å². The number of aromatic nitrogens is 1. The second-order valence-electron chi connectivity index (χ2n) is 11.3. The molecular formula is C31H39N7O. The number of nitrogens with two attached hydrogens (primary N) is 1. The number of anilines is 2. The molecule has 3 aliphatic heterocycles. The molecule has 0 amide bonds. The fourth-order valence-electron chi connectivity index (χ4n) is 6.77. The molecule has 0 saturated carbocycles. The lowest BCUT2D eigenvalue weighted by atomic mass is 10.0. The molecule has 1 aromatic heterocycles. The van der Waals surface area contributed by atoms with Gasteiger partial charge in [0, 0.05) is 94.5 Å². The summed E-state index contributed by atoms with van der Waals surface area (Å²) in [5, 5.41) is 10.6.